The quantitative estimate of drug-likeness (QED) is 0.534. The second-order valence-electron chi connectivity index (χ2n) is 6.82. The van der Waals surface area contributed by atoms with Gasteiger partial charge >= 0.3 is 5.69 Å². The Labute approximate surface area is 179 Å². The van der Waals surface area contributed by atoms with Gasteiger partial charge in [-0.25, -0.2) is 13.8 Å². The summed E-state index contributed by atoms with van der Waals surface area (Å²) in [6.07, 6.45) is 0. The molecule has 2 aromatic heterocycles. The first kappa shape index (κ1) is 20.3. The van der Waals surface area contributed by atoms with Gasteiger partial charge in [0.25, 0.3) is 5.56 Å². The molecule has 0 fully saturated rings. The second kappa shape index (κ2) is 8.01. The second-order valence-corrected chi connectivity index (χ2v) is 7.73. The number of halogens is 1. The van der Waals surface area contributed by atoms with Crippen molar-refractivity contribution < 1.29 is 9.18 Å². The summed E-state index contributed by atoms with van der Waals surface area (Å²) in [5.74, 6) is -0.975. The molecule has 1 N–H and O–H groups in total. The third kappa shape index (κ3) is 3.76. The highest BCUT2D eigenvalue weighted by atomic mass is 32.1. The average Bonchev–Trinajstić information content (AvgIpc) is 3.23. The third-order valence-electron chi connectivity index (χ3n) is 4.73. The number of thiophene rings is 1. The van der Waals surface area contributed by atoms with Crippen LogP contribution in [0.3, 0.4) is 0 Å². The molecule has 0 saturated heterocycles. The van der Waals surface area contributed by atoms with Crippen molar-refractivity contribution >= 4 is 33.1 Å². The maximum Gasteiger partial charge on any atom is 0.336 e. The molecule has 0 bridgehead atoms. The number of benzene rings is 2. The van der Waals surface area contributed by atoms with E-state index in [9.17, 15) is 18.8 Å². The van der Waals surface area contributed by atoms with Gasteiger partial charge in [0.05, 0.1) is 22.8 Å². The van der Waals surface area contributed by atoms with Gasteiger partial charge in [-0.1, -0.05) is 6.07 Å². The first-order valence-corrected chi connectivity index (χ1v) is 10.1. The summed E-state index contributed by atoms with van der Waals surface area (Å²) in [4.78, 5) is 38.9. The molecule has 1 amide bonds. The van der Waals surface area contributed by atoms with Crippen LogP contribution < -0.4 is 16.6 Å². The molecule has 0 aliphatic carbocycles. The highest BCUT2D eigenvalue weighted by Crippen LogP contribution is 2.18. The van der Waals surface area contributed by atoms with Crippen LogP contribution in [0.5, 0.6) is 0 Å². The molecule has 4 rings (SSSR count). The molecular formula is C22H15FN4O3S. The Kier molecular flexibility index (Phi) is 5.23. The van der Waals surface area contributed by atoms with Crippen LogP contribution in [0.25, 0.3) is 15.9 Å². The van der Waals surface area contributed by atoms with E-state index in [0.717, 1.165) is 15.9 Å². The Morgan fingerprint density at radius 1 is 1.19 bits per heavy atom. The van der Waals surface area contributed by atoms with Gasteiger partial charge in [0.2, 0.25) is 5.91 Å². The van der Waals surface area contributed by atoms with Gasteiger partial charge in [0, 0.05) is 5.69 Å². The van der Waals surface area contributed by atoms with E-state index in [1.807, 2.05) is 6.07 Å². The Morgan fingerprint density at radius 2 is 2.00 bits per heavy atom. The Balaban J connectivity index is 1.80. The van der Waals surface area contributed by atoms with Crippen LogP contribution in [0.4, 0.5) is 10.1 Å². The number of nitrogens with one attached hydrogen (secondary N) is 1. The normalized spacial score (nSPS) is 10.7. The average molecular weight is 434 g/mol. The van der Waals surface area contributed by atoms with Crippen LogP contribution in [0, 0.1) is 24.1 Å². The van der Waals surface area contributed by atoms with E-state index in [4.69, 9.17) is 5.26 Å². The minimum Gasteiger partial charge on any atom is -0.324 e. The molecule has 0 aliphatic heterocycles. The third-order valence-corrected chi connectivity index (χ3v) is 5.62. The molecular weight excluding hydrogens is 419 g/mol. The zero-order valence-corrected chi connectivity index (χ0v) is 17.1. The zero-order chi connectivity index (χ0) is 22.1. The van der Waals surface area contributed by atoms with Gasteiger partial charge in [-0.05, 0) is 60.3 Å². The molecule has 2 heterocycles. The maximum atomic E-state index is 13.5. The summed E-state index contributed by atoms with van der Waals surface area (Å²) < 4.78 is 16.0. The number of carbonyl (C=O) groups excluding carboxylic acids is 1. The van der Waals surface area contributed by atoms with Crippen LogP contribution in [0.2, 0.25) is 0 Å². The van der Waals surface area contributed by atoms with Crippen LogP contribution in [0.15, 0.2) is 63.5 Å². The van der Waals surface area contributed by atoms with E-state index in [-0.39, 0.29) is 12.2 Å². The van der Waals surface area contributed by atoms with Crippen molar-refractivity contribution in [3.63, 3.8) is 0 Å². The van der Waals surface area contributed by atoms with Crippen molar-refractivity contribution in [2.75, 3.05) is 5.32 Å². The molecule has 0 spiro atoms. The molecule has 0 radical (unpaired) electrons. The number of amides is 1. The number of fused-ring (bicyclic) bond motifs is 1. The zero-order valence-electron chi connectivity index (χ0n) is 16.3. The molecule has 0 unspecified atom stereocenters. The predicted octanol–water partition coefficient (Wildman–Crippen LogP) is 3.17. The predicted molar refractivity (Wildman–Crippen MR) is 116 cm³/mol. The summed E-state index contributed by atoms with van der Waals surface area (Å²) in [7, 11) is 0. The number of hydrogen-bond donors (Lipinski definition) is 1. The van der Waals surface area contributed by atoms with E-state index in [1.54, 1.807) is 36.6 Å². The molecule has 154 valence electrons. The molecule has 0 saturated carbocycles. The largest absolute Gasteiger partial charge is 0.336 e. The standard InChI is InChI=1S/C22H15FN4O3S/c1-13-9-15(23)5-6-17(13)27-21(29)20-18(7-8-31-20)26(22(27)30)12-19(28)25-16-4-2-3-14(10-16)11-24/h2-10H,12H2,1H3,(H,25,28). The molecule has 2 aromatic carbocycles. The fraction of sp³-hybridized carbons (Fsp3) is 0.0909. The summed E-state index contributed by atoms with van der Waals surface area (Å²) in [5.41, 5.74) is 0.588. The number of hydrogen-bond acceptors (Lipinski definition) is 5. The van der Waals surface area contributed by atoms with Crippen molar-refractivity contribution in [2.24, 2.45) is 0 Å². The van der Waals surface area contributed by atoms with Crippen LogP contribution in [0.1, 0.15) is 11.1 Å². The smallest absolute Gasteiger partial charge is 0.324 e. The lowest BCUT2D eigenvalue weighted by molar-refractivity contribution is -0.116. The van der Waals surface area contributed by atoms with Crippen molar-refractivity contribution in [1.29, 1.82) is 5.26 Å². The monoisotopic (exact) mass is 434 g/mol. The Hall–Kier alpha value is -4.03. The van der Waals surface area contributed by atoms with Gasteiger partial charge in [-0.2, -0.15) is 5.26 Å². The molecule has 0 atom stereocenters. The van der Waals surface area contributed by atoms with Gasteiger partial charge in [-0.15, -0.1) is 11.3 Å². The first-order chi connectivity index (χ1) is 14.9. The number of nitrogens with zero attached hydrogens (tertiary/aromatic N) is 3. The van der Waals surface area contributed by atoms with E-state index < -0.39 is 23.0 Å². The number of aryl methyl sites for hydroxylation is 1. The fourth-order valence-corrected chi connectivity index (χ4v) is 4.16. The summed E-state index contributed by atoms with van der Waals surface area (Å²) in [6, 6.07) is 13.8. The van der Waals surface area contributed by atoms with Gasteiger partial charge in [0.15, 0.2) is 0 Å². The Bertz CT molecular complexity index is 1490. The number of rotatable bonds is 4. The van der Waals surface area contributed by atoms with Crippen LogP contribution in [-0.4, -0.2) is 15.0 Å². The summed E-state index contributed by atoms with van der Waals surface area (Å²) in [6.45, 7) is 1.26. The maximum absolute atomic E-state index is 13.5. The SMILES string of the molecule is Cc1cc(F)ccc1-n1c(=O)c2sccc2n(CC(=O)Nc2cccc(C#N)c2)c1=O. The van der Waals surface area contributed by atoms with Crippen molar-refractivity contribution in [1.82, 2.24) is 9.13 Å². The number of anilines is 1. The lowest BCUT2D eigenvalue weighted by atomic mass is 10.2. The number of carbonyl (C=O) groups is 1. The van der Waals surface area contributed by atoms with Crippen molar-refractivity contribution in [2.45, 2.75) is 13.5 Å². The highest BCUT2D eigenvalue weighted by molar-refractivity contribution is 7.17. The molecule has 31 heavy (non-hydrogen) atoms. The minimum atomic E-state index is -0.702. The molecule has 0 aliphatic rings. The number of aromatic nitrogens is 2. The van der Waals surface area contributed by atoms with Crippen molar-refractivity contribution in [3.8, 4) is 11.8 Å². The summed E-state index contributed by atoms with van der Waals surface area (Å²) in [5, 5.41) is 13.3. The summed E-state index contributed by atoms with van der Waals surface area (Å²) >= 11 is 1.16. The van der Waals surface area contributed by atoms with Gasteiger partial charge in [-0.3, -0.25) is 14.2 Å². The van der Waals surface area contributed by atoms with Gasteiger partial charge in [0.1, 0.15) is 17.1 Å². The van der Waals surface area contributed by atoms with Gasteiger partial charge < -0.3 is 5.32 Å². The lowest BCUT2D eigenvalue weighted by Gasteiger charge is -2.14. The van der Waals surface area contributed by atoms with Crippen molar-refractivity contribution in [3.05, 3.63) is 91.7 Å². The number of nitriles is 1. The van der Waals surface area contributed by atoms with E-state index in [2.05, 4.69) is 5.32 Å². The van der Waals surface area contributed by atoms with Crippen LogP contribution in [-0.2, 0) is 11.3 Å². The molecule has 7 nitrogen and oxygen atoms in total. The minimum absolute atomic E-state index is 0.252. The molecule has 4 aromatic rings. The van der Waals surface area contributed by atoms with E-state index >= 15 is 0 Å². The lowest BCUT2D eigenvalue weighted by Crippen LogP contribution is -2.40. The Morgan fingerprint density at radius 3 is 2.74 bits per heavy atom. The van der Waals surface area contributed by atoms with Crippen LogP contribution >= 0.6 is 11.3 Å². The molecule has 9 heteroatoms. The fourth-order valence-electron chi connectivity index (χ4n) is 3.33. The van der Waals surface area contributed by atoms with E-state index in [0.29, 0.717) is 27.0 Å². The topological polar surface area (TPSA) is 96.9 Å². The first-order valence-electron chi connectivity index (χ1n) is 9.18. The van der Waals surface area contributed by atoms with E-state index in [1.165, 1.54) is 28.8 Å². The highest BCUT2D eigenvalue weighted by Gasteiger charge is 2.19.